The van der Waals surface area contributed by atoms with E-state index in [0.29, 0.717) is 5.78 Å². The quantitative estimate of drug-likeness (QED) is 0.572. The van der Waals surface area contributed by atoms with Gasteiger partial charge in [0.05, 0.1) is 0 Å². The number of ketones is 1. The molecule has 0 bridgehead atoms. The molecule has 2 heteroatoms. The molecular weight excluding hydrogens is 150 g/mol. The van der Waals surface area contributed by atoms with Crippen molar-refractivity contribution >= 4 is 5.78 Å². The van der Waals surface area contributed by atoms with Gasteiger partial charge < -0.3 is 4.57 Å². The van der Waals surface area contributed by atoms with Gasteiger partial charge in [-0.2, -0.15) is 0 Å². The fourth-order valence-corrected chi connectivity index (χ4v) is 2.06. The third-order valence-corrected chi connectivity index (χ3v) is 2.59. The first-order valence-corrected chi connectivity index (χ1v) is 4.38. The van der Waals surface area contributed by atoms with Gasteiger partial charge in [0.15, 0.2) is 5.78 Å². The first-order chi connectivity index (χ1) is 5.70. The van der Waals surface area contributed by atoms with Crippen LogP contribution in [0.1, 0.15) is 34.5 Å². The van der Waals surface area contributed by atoms with Gasteiger partial charge in [0, 0.05) is 30.9 Å². The maximum atomic E-state index is 11.5. The first-order valence-electron chi connectivity index (χ1n) is 4.38. The zero-order valence-electron chi connectivity index (χ0n) is 7.55. The Morgan fingerprint density at radius 2 is 2.17 bits per heavy atom. The predicted octanol–water partition coefficient (Wildman–Crippen LogP) is 1.85. The van der Waals surface area contributed by atoms with Crippen molar-refractivity contribution < 1.29 is 4.79 Å². The second-order valence-corrected chi connectivity index (χ2v) is 3.52. The maximum Gasteiger partial charge on any atom is 0.164 e. The van der Waals surface area contributed by atoms with Crippen LogP contribution in [0.25, 0.3) is 0 Å². The summed E-state index contributed by atoms with van der Waals surface area (Å²) in [7, 11) is 2.02. The first kappa shape index (κ1) is 7.59. The van der Waals surface area contributed by atoms with Crippen molar-refractivity contribution in [2.24, 2.45) is 7.05 Å². The van der Waals surface area contributed by atoms with Gasteiger partial charge in [-0.1, -0.05) is 0 Å². The van der Waals surface area contributed by atoms with Crippen molar-refractivity contribution in [1.29, 1.82) is 0 Å². The lowest BCUT2D eigenvalue weighted by Crippen LogP contribution is -2.12. The Balaban J connectivity index is 2.62. The average Bonchev–Trinajstić information content (AvgIpc) is 2.29. The van der Waals surface area contributed by atoms with Crippen LogP contribution in [0.4, 0.5) is 0 Å². The molecule has 0 N–H and O–H groups in total. The Hall–Kier alpha value is -1.05. The van der Waals surface area contributed by atoms with Gasteiger partial charge in [-0.3, -0.25) is 4.79 Å². The lowest BCUT2D eigenvalue weighted by Gasteiger charge is -2.12. The van der Waals surface area contributed by atoms with Gasteiger partial charge in [0.2, 0.25) is 0 Å². The highest BCUT2D eigenvalue weighted by Gasteiger charge is 2.21. The predicted molar refractivity (Wildman–Crippen MR) is 47.4 cm³/mol. The number of hydrogen-bond donors (Lipinski definition) is 0. The van der Waals surface area contributed by atoms with Crippen LogP contribution in [0.3, 0.4) is 0 Å². The minimum absolute atomic E-state index is 0.328. The summed E-state index contributed by atoms with van der Waals surface area (Å²) in [4.78, 5) is 11.5. The van der Waals surface area contributed by atoms with Crippen molar-refractivity contribution in [3.63, 3.8) is 0 Å². The number of aromatic nitrogens is 1. The molecule has 0 fully saturated rings. The Kier molecular flexibility index (Phi) is 1.56. The molecule has 1 aromatic rings. The van der Waals surface area contributed by atoms with E-state index in [1.807, 2.05) is 20.2 Å². The maximum absolute atomic E-state index is 11.5. The molecule has 0 aliphatic heterocycles. The van der Waals surface area contributed by atoms with Crippen LogP contribution in [0.15, 0.2) is 6.20 Å². The fraction of sp³-hybridized carbons (Fsp3) is 0.500. The number of carbonyl (C=O) groups excluding carboxylic acids is 1. The summed E-state index contributed by atoms with van der Waals surface area (Å²) < 4.78 is 2.09. The van der Waals surface area contributed by atoms with Gasteiger partial charge in [-0.15, -0.1) is 0 Å². The van der Waals surface area contributed by atoms with Crippen LogP contribution in [-0.4, -0.2) is 10.4 Å². The molecule has 0 aromatic carbocycles. The number of nitrogens with zero attached hydrogens (tertiary/aromatic N) is 1. The second-order valence-electron chi connectivity index (χ2n) is 3.52. The van der Waals surface area contributed by atoms with E-state index in [-0.39, 0.29) is 0 Å². The topological polar surface area (TPSA) is 22.0 Å². The smallest absolute Gasteiger partial charge is 0.164 e. The molecule has 1 heterocycles. The molecule has 12 heavy (non-hydrogen) atoms. The van der Waals surface area contributed by atoms with Crippen LogP contribution >= 0.6 is 0 Å². The minimum Gasteiger partial charge on any atom is -0.353 e. The van der Waals surface area contributed by atoms with E-state index in [0.717, 1.165) is 30.4 Å². The van der Waals surface area contributed by atoms with Gasteiger partial charge >= 0.3 is 0 Å². The van der Waals surface area contributed by atoms with Crippen LogP contribution in [0, 0.1) is 6.92 Å². The molecule has 0 radical (unpaired) electrons. The molecule has 0 atom stereocenters. The van der Waals surface area contributed by atoms with Gasteiger partial charge in [-0.25, -0.2) is 0 Å². The lowest BCUT2D eigenvalue weighted by atomic mass is 9.94. The SMILES string of the molecule is Cc1cn(C)c2c1C(=O)CCC2. The monoisotopic (exact) mass is 163 g/mol. The summed E-state index contributed by atoms with van der Waals surface area (Å²) in [6.45, 7) is 2.02. The Bertz CT molecular complexity index is 336. The Morgan fingerprint density at radius 1 is 1.42 bits per heavy atom. The Morgan fingerprint density at radius 3 is 2.83 bits per heavy atom. The molecule has 2 nitrogen and oxygen atoms in total. The van der Waals surface area contributed by atoms with E-state index in [1.54, 1.807) is 0 Å². The van der Waals surface area contributed by atoms with E-state index < -0.39 is 0 Å². The number of rotatable bonds is 0. The zero-order chi connectivity index (χ0) is 8.72. The van der Waals surface area contributed by atoms with E-state index in [2.05, 4.69) is 4.57 Å². The fourth-order valence-electron chi connectivity index (χ4n) is 2.06. The van der Waals surface area contributed by atoms with Gasteiger partial charge in [0.25, 0.3) is 0 Å². The van der Waals surface area contributed by atoms with Crippen LogP contribution in [0.2, 0.25) is 0 Å². The molecule has 0 saturated heterocycles. The standard InChI is InChI=1S/C10H13NO/c1-7-6-11(2)8-4-3-5-9(12)10(7)8/h6H,3-5H2,1-2H3. The second kappa shape index (κ2) is 2.47. The third-order valence-electron chi connectivity index (χ3n) is 2.59. The Labute approximate surface area is 72.2 Å². The minimum atomic E-state index is 0.328. The molecule has 1 aliphatic rings. The van der Waals surface area contributed by atoms with Crippen LogP contribution in [-0.2, 0) is 13.5 Å². The molecule has 0 saturated carbocycles. The molecule has 1 aromatic heterocycles. The summed E-state index contributed by atoms with van der Waals surface area (Å²) >= 11 is 0. The summed E-state index contributed by atoms with van der Waals surface area (Å²) in [6, 6.07) is 0. The van der Waals surface area contributed by atoms with Crippen molar-refractivity contribution in [2.75, 3.05) is 0 Å². The van der Waals surface area contributed by atoms with E-state index in [1.165, 1.54) is 5.69 Å². The lowest BCUT2D eigenvalue weighted by molar-refractivity contribution is 0.0971. The zero-order valence-corrected chi connectivity index (χ0v) is 7.55. The highest BCUT2D eigenvalue weighted by atomic mass is 16.1. The molecule has 0 amide bonds. The van der Waals surface area contributed by atoms with Gasteiger partial charge in [-0.05, 0) is 25.3 Å². The summed E-state index contributed by atoms with van der Waals surface area (Å²) in [6.07, 6.45) is 4.86. The molecule has 1 aliphatic carbocycles. The third kappa shape index (κ3) is 0.909. The van der Waals surface area contributed by atoms with Crippen LogP contribution in [0.5, 0.6) is 0 Å². The highest BCUT2D eigenvalue weighted by molar-refractivity contribution is 5.99. The number of hydrogen-bond acceptors (Lipinski definition) is 1. The van der Waals surface area contributed by atoms with Crippen molar-refractivity contribution in [3.05, 3.63) is 23.0 Å². The largest absolute Gasteiger partial charge is 0.353 e. The average molecular weight is 163 g/mol. The molecular formula is C10H13NO. The molecule has 64 valence electrons. The molecule has 0 spiro atoms. The highest BCUT2D eigenvalue weighted by Crippen LogP contribution is 2.24. The number of fused-ring (bicyclic) bond motifs is 1. The molecule has 0 unspecified atom stereocenters. The van der Waals surface area contributed by atoms with Crippen LogP contribution < -0.4 is 0 Å². The number of carbonyl (C=O) groups is 1. The summed E-state index contributed by atoms with van der Waals surface area (Å²) in [5.41, 5.74) is 3.35. The van der Waals surface area contributed by atoms with Crippen molar-refractivity contribution in [2.45, 2.75) is 26.2 Å². The normalized spacial score (nSPS) is 16.3. The number of aryl methyl sites for hydroxylation is 2. The van der Waals surface area contributed by atoms with Crippen molar-refractivity contribution in [3.8, 4) is 0 Å². The van der Waals surface area contributed by atoms with E-state index in [9.17, 15) is 4.79 Å². The molecule has 2 rings (SSSR count). The summed E-state index contributed by atoms with van der Waals surface area (Å²) in [5.74, 6) is 0.328. The summed E-state index contributed by atoms with van der Waals surface area (Å²) in [5, 5.41) is 0. The van der Waals surface area contributed by atoms with E-state index in [4.69, 9.17) is 0 Å². The van der Waals surface area contributed by atoms with Gasteiger partial charge in [0.1, 0.15) is 0 Å². The van der Waals surface area contributed by atoms with Crippen molar-refractivity contribution in [1.82, 2.24) is 4.57 Å². The number of Topliss-reactive ketones (excluding diaryl/α,β-unsaturated/α-hetero) is 1. The van der Waals surface area contributed by atoms with E-state index >= 15 is 0 Å².